The summed E-state index contributed by atoms with van der Waals surface area (Å²) in [7, 11) is 2.05. The van der Waals surface area contributed by atoms with Gasteiger partial charge >= 0.3 is 0 Å². The highest BCUT2D eigenvalue weighted by molar-refractivity contribution is 4.78. The van der Waals surface area contributed by atoms with Crippen molar-refractivity contribution in [2.45, 2.75) is 65.0 Å². The Morgan fingerprint density at radius 1 is 1.31 bits per heavy atom. The lowest BCUT2D eigenvalue weighted by Gasteiger charge is -2.38. The largest absolute Gasteiger partial charge is 0.317 e. The van der Waals surface area contributed by atoms with Crippen LogP contribution in [0.2, 0.25) is 0 Å². The molecule has 0 bridgehead atoms. The molecule has 16 heavy (non-hydrogen) atoms. The van der Waals surface area contributed by atoms with Gasteiger partial charge in [0.15, 0.2) is 0 Å². The summed E-state index contributed by atoms with van der Waals surface area (Å²) in [6, 6.07) is 1.48. The van der Waals surface area contributed by atoms with Gasteiger partial charge in [0.05, 0.1) is 0 Å². The molecule has 1 heterocycles. The third-order valence-electron chi connectivity index (χ3n) is 4.33. The van der Waals surface area contributed by atoms with Gasteiger partial charge in [0.25, 0.3) is 0 Å². The van der Waals surface area contributed by atoms with Gasteiger partial charge in [-0.2, -0.15) is 0 Å². The van der Waals surface area contributed by atoms with Crippen molar-refractivity contribution in [3.8, 4) is 0 Å². The third-order valence-corrected chi connectivity index (χ3v) is 4.33. The van der Waals surface area contributed by atoms with Crippen LogP contribution in [0.3, 0.4) is 0 Å². The molecule has 1 aliphatic rings. The Morgan fingerprint density at radius 3 is 2.75 bits per heavy atom. The molecule has 0 aromatic rings. The first-order valence-electron chi connectivity index (χ1n) is 7.06. The summed E-state index contributed by atoms with van der Waals surface area (Å²) in [6.07, 6.45) is 6.86. The van der Waals surface area contributed by atoms with E-state index in [2.05, 4.69) is 38.0 Å². The molecule has 1 rings (SSSR count). The van der Waals surface area contributed by atoms with E-state index in [0.29, 0.717) is 6.04 Å². The molecule has 1 aliphatic heterocycles. The summed E-state index contributed by atoms with van der Waals surface area (Å²) >= 11 is 0. The van der Waals surface area contributed by atoms with Crippen molar-refractivity contribution in [2.75, 3.05) is 20.1 Å². The minimum Gasteiger partial charge on any atom is -0.317 e. The highest BCUT2D eigenvalue weighted by Gasteiger charge is 2.23. The van der Waals surface area contributed by atoms with E-state index in [4.69, 9.17) is 0 Å². The quantitative estimate of drug-likeness (QED) is 0.701. The molecular formula is C14H30N2. The molecule has 2 heteroatoms. The lowest BCUT2D eigenvalue weighted by molar-refractivity contribution is 0.111. The fourth-order valence-corrected chi connectivity index (χ4v) is 2.65. The lowest BCUT2D eigenvalue weighted by Crippen LogP contribution is -2.42. The molecule has 3 unspecified atom stereocenters. The van der Waals surface area contributed by atoms with E-state index in [1.807, 2.05) is 0 Å². The smallest absolute Gasteiger partial charge is 0.00925 e. The highest BCUT2D eigenvalue weighted by atomic mass is 15.2. The maximum atomic E-state index is 3.31. The van der Waals surface area contributed by atoms with Gasteiger partial charge in [-0.25, -0.2) is 0 Å². The second-order valence-electron chi connectivity index (χ2n) is 5.58. The lowest BCUT2D eigenvalue weighted by atomic mass is 9.92. The van der Waals surface area contributed by atoms with E-state index < -0.39 is 0 Å². The molecule has 2 nitrogen and oxygen atoms in total. The SMILES string of the molecule is CNC(C)CCCCN1CCCC(C)C1C. The van der Waals surface area contributed by atoms with E-state index in [-0.39, 0.29) is 0 Å². The molecular weight excluding hydrogens is 196 g/mol. The number of nitrogens with zero attached hydrogens (tertiary/aromatic N) is 1. The molecule has 0 amide bonds. The molecule has 0 aromatic heterocycles. The summed E-state index contributed by atoms with van der Waals surface area (Å²) in [6.45, 7) is 9.71. The second-order valence-corrected chi connectivity index (χ2v) is 5.58. The fourth-order valence-electron chi connectivity index (χ4n) is 2.65. The van der Waals surface area contributed by atoms with Crippen molar-refractivity contribution < 1.29 is 0 Å². The number of nitrogens with one attached hydrogen (secondary N) is 1. The maximum Gasteiger partial charge on any atom is 0.00925 e. The Kier molecular flexibility index (Phi) is 6.37. The van der Waals surface area contributed by atoms with Crippen LogP contribution in [-0.2, 0) is 0 Å². The minimum absolute atomic E-state index is 0.678. The zero-order chi connectivity index (χ0) is 12.0. The minimum atomic E-state index is 0.678. The first-order valence-corrected chi connectivity index (χ1v) is 7.06. The standard InChI is InChI=1S/C14H30N2/c1-12-8-7-11-16(14(12)3)10-6-5-9-13(2)15-4/h12-15H,5-11H2,1-4H3. The molecule has 1 saturated heterocycles. The Labute approximate surface area is 102 Å². The predicted molar refractivity (Wildman–Crippen MR) is 71.8 cm³/mol. The monoisotopic (exact) mass is 226 g/mol. The van der Waals surface area contributed by atoms with E-state index in [9.17, 15) is 0 Å². The van der Waals surface area contributed by atoms with Crippen LogP contribution >= 0.6 is 0 Å². The van der Waals surface area contributed by atoms with Crippen LogP contribution in [0.1, 0.15) is 52.9 Å². The van der Waals surface area contributed by atoms with Gasteiger partial charge < -0.3 is 10.2 Å². The van der Waals surface area contributed by atoms with Crippen LogP contribution in [0.25, 0.3) is 0 Å². The second kappa shape index (κ2) is 7.29. The maximum absolute atomic E-state index is 3.31. The average molecular weight is 226 g/mol. The summed E-state index contributed by atoms with van der Waals surface area (Å²) in [4.78, 5) is 2.69. The van der Waals surface area contributed by atoms with Gasteiger partial charge in [-0.05, 0) is 65.6 Å². The van der Waals surface area contributed by atoms with Gasteiger partial charge in [-0.15, -0.1) is 0 Å². The summed E-state index contributed by atoms with van der Waals surface area (Å²) in [5, 5.41) is 3.31. The fraction of sp³-hybridized carbons (Fsp3) is 1.00. The number of piperidine rings is 1. The van der Waals surface area contributed by atoms with Crippen molar-refractivity contribution in [1.82, 2.24) is 10.2 Å². The van der Waals surface area contributed by atoms with Gasteiger partial charge in [-0.1, -0.05) is 13.3 Å². The van der Waals surface area contributed by atoms with Crippen molar-refractivity contribution >= 4 is 0 Å². The number of rotatable bonds is 6. The summed E-state index contributed by atoms with van der Waals surface area (Å²) < 4.78 is 0. The van der Waals surface area contributed by atoms with Crippen LogP contribution in [0.4, 0.5) is 0 Å². The van der Waals surface area contributed by atoms with Gasteiger partial charge in [0, 0.05) is 12.1 Å². The highest BCUT2D eigenvalue weighted by Crippen LogP contribution is 2.23. The predicted octanol–water partition coefficient (Wildman–Crippen LogP) is 2.89. The first-order chi connectivity index (χ1) is 7.65. The van der Waals surface area contributed by atoms with Crippen LogP contribution < -0.4 is 5.32 Å². The number of unbranched alkanes of at least 4 members (excludes halogenated alkanes) is 1. The number of hydrogen-bond acceptors (Lipinski definition) is 2. The molecule has 96 valence electrons. The number of likely N-dealkylation sites (tertiary alicyclic amines) is 1. The summed E-state index contributed by atoms with van der Waals surface area (Å²) in [5.74, 6) is 0.894. The van der Waals surface area contributed by atoms with Crippen molar-refractivity contribution in [3.05, 3.63) is 0 Å². The molecule has 0 radical (unpaired) electrons. The van der Waals surface area contributed by atoms with Crippen molar-refractivity contribution in [3.63, 3.8) is 0 Å². The van der Waals surface area contributed by atoms with Crippen LogP contribution in [0.5, 0.6) is 0 Å². The molecule has 0 spiro atoms. The molecule has 0 aromatic carbocycles. The normalized spacial score (nSPS) is 29.2. The average Bonchev–Trinajstić information content (AvgIpc) is 2.29. The molecule has 3 atom stereocenters. The zero-order valence-corrected chi connectivity index (χ0v) is 11.6. The van der Waals surface area contributed by atoms with Gasteiger partial charge in [0.2, 0.25) is 0 Å². The van der Waals surface area contributed by atoms with E-state index in [0.717, 1.165) is 12.0 Å². The van der Waals surface area contributed by atoms with Crippen LogP contribution in [-0.4, -0.2) is 37.1 Å². The Morgan fingerprint density at radius 2 is 2.06 bits per heavy atom. The van der Waals surface area contributed by atoms with Crippen LogP contribution in [0, 0.1) is 5.92 Å². The van der Waals surface area contributed by atoms with Crippen molar-refractivity contribution in [2.24, 2.45) is 5.92 Å². The molecule has 0 saturated carbocycles. The zero-order valence-electron chi connectivity index (χ0n) is 11.6. The Bertz CT molecular complexity index is 182. The third kappa shape index (κ3) is 4.42. The van der Waals surface area contributed by atoms with E-state index >= 15 is 0 Å². The van der Waals surface area contributed by atoms with E-state index in [1.165, 1.54) is 45.2 Å². The Balaban J connectivity index is 2.12. The Hall–Kier alpha value is -0.0800. The van der Waals surface area contributed by atoms with Gasteiger partial charge in [-0.3, -0.25) is 0 Å². The van der Waals surface area contributed by atoms with Gasteiger partial charge in [0.1, 0.15) is 0 Å². The molecule has 1 N–H and O–H groups in total. The molecule has 0 aliphatic carbocycles. The topological polar surface area (TPSA) is 15.3 Å². The first kappa shape index (κ1) is 14.0. The molecule has 1 fully saturated rings. The van der Waals surface area contributed by atoms with Crippen LogP contribution in [0.15, 0.2) is 0 Å². The summed E-state index contributed by atoms with van der Waals surface area (Å²) in [5.41, 5.74) is 0. The van der Waals surface area contributed by atoms with Crippen molar-refractivity contribution in [1.29, 1.82) is 0 Å². The van der Waals surface area contributed by atoms with E-state index in [1.54, 1.807) is 0 Å². The number of hydrogen-bond donors (Lipinski definition) is 1.